The van der Waals surface area contributed by atoms with Gasteiger partial charge in [0.15, 0.2) is 0 Å². The van der Waals surface area contributed by atoms with Crippen LogP contribution in [0.25, 0.3) is 176 Å². The Bertz CT molecular complexity index is 6180. The van der Waals surface area contributed by atoms with Gasteiger partial charge in [-0.15, -0.1) is 0 Å². The zero-order valence-electron chi connectivity index (χ0n) is 48.4. The Hall–Kier alpha value is -12.4. The van der Waals surface area contributed by atoms with Crippen molar-refractivity contribution in [1.29, 1.82) is 5.26 Å². The van der Waals surface area contributed by atoms with E-state index in [1.807, 2.05) is 12.4 Å². The SMILES string of the molecule is N#Cc1c(-n2c3ccccc3c3ccncc32)c(-c2cc(-c3ccccc3)nc(-c3ccccc3)c2)c(-n2c3ccccc3c3cc4ccccc4cc32)c(-n2c3ccccc3c3cc4ccccc4cc32)c1-n1c2ccccc2c2cc3ccccc3cc21. The van der Waals surface area contributed by atoms with Crippen molar-refractivity contribution in [2.75, 3.05) is 0 Å². The largest absolute Gasteiger partial charge is 0.306 e. The molecule has 0 amide bonds. The number of rotatable bonds is 7. The second-order valence-electron chi connectivity index (χ2n) is 23.6. The highest BCUT2D eigenvalue weighted by molar-refractivity contribution is 6.20. The average Bonchev–Trinajstić information content (AvgIpc) is 1.44. The monoisotopic (exact) mass is 1140 g/mol. The molecule has 0 spiro atoms. The second kappa shape index (κ2) is 19.3. The van der Waals surface area contributed by atoms with Crippen LogP contribution < -0.4 is 0 Å². The van der Waals surface area contributed by atoms with Gasteiger partial charge < -0.3 is 18.3 Å². The number of benzene rings is 13. The number of nitriles is 1. The van der Waals surface area contributed by atoms with Gasteiger partial charge in [0, 0.05) is 66.0 Å². The Balaban J connectivity index is 1.17. The van der Waals surface area contributed by atoms with Crippen molar-refractivity contribution in [3.63, 3.8) is 0 Å². The summed E-state index contributed by atoms with van der Waals surface area (Å²) in [4.78, 5) is 10.5. The summed E-state index contributed by atoms with van der Waals surface area (Å²) in [6.07, 6.45) is 3.85. The molecule has 6 aromatic heterocycles. The number of hydrogen-bond donors (Lipinski definition) is 0. The fourth-order valence-electron chi connectivity index (χ4n) is 14.9. The van der Waals surface area contributed by atoms with Crippen molar-refractivity contribution in [3.05, 3.63) is 303 Å². The fourth-order valence-corrected chi connectivity index (χ4v) is 14.9. The quantitative estimate of drug-likeness (QED) is 0.160. The van der Waals surface area contributed by atoms with Gasteiger partial charge in [-0.1, -0.05) is 206 Å². The fraction of sp³-hybridized carbons (Fsp3) is 0. The summed E-state index contributed by atoms with van der Waals surface area (Å²) in [6.45, 7) is 0. The molecule has 7 heteroatoms. The van der Waals surface area contributed by atoms with Crippen molar-refractivity contribution in [3.8, 4) is 62.5 Å². The number of fused-ring (bicyclic) bond motifs is 15. The molecule has 0 fully saturated rings. The molecule has 0 aliphatic carbocycles. The standard InChI is InChI=1S/C83H49N7/c84-49-68-80(90-71-35-17-13-31-60(71)64-39-40-85-50-78(64)90)79(59-44-69(51-21-3-1-4-22-51)86-70(45-59)52-23-5-2-6-24-52)82(88-73-37-19-15-33-62(73)66-42-54-26-8-11-29-57(54)47-76(66)88)83(89-74-38-20-16-34-63(74)67-43-55-27-9-12-30-58(55)48-77(67)89)81(68)87-72-36-18-14-32-61(72)65-41-53-25-7-10-28-56(53)46-75(65)87/h1-48,50H. The van der Waals surface area contributed by atoms with Crippen molar-refractivity contribution in [1.82, 2.24) is 28.2 Å². The molecule has 19 aromatic rings. The van der Waals surface area contributed by atoms with Crippen LogP contribution >= 0.6 is 0 Å². The molecule has 416 valence electrons. The van der Waals surface area contributed by atoms with Crippen LogP contribution in [0.1, 0.15) is 5.56 Å². The first-order valence-electron chi connectivity index (χ1n) is 30.5. The van der Waals surface area contributed by atoms with Crippen LogP contribution in [0.5, 0.6) is 0 Å². The lowest BCUT2D eigenvalue weighted by molar-refractivity contribution is 1.03. The van der Waals surface area contributed by atoms with Crippen molar-refractivity contribution in [2.45, 2.75) is 0 Å². The van der Waals surface area contributed by atoms with Crippen LogP contribution in [0, 0.1) is 11.3 Å². The number of nitrogens with zero attached hydrogens (tertiary/aromatic N) is 7. The van der Waals surface area contributed by atoms with E-state index in [0.29, 0.717) is 11.3 Å². The third-order valence-corrected chi connectivity index (χ3v) is 18.8. The summed E-state index contributed by atoms with van der Waals surface area (Å²) >= 11 is 0. The summed E-state index contributed by atoms with van der Waals surface area (Å²) in [5.41, 5.74) is 16.6. The van der Waals surface area contributed by atoms with Crippen LogP contribution in [0.3, 0.4) is 0 Å². The highest BCUT2D eigenvalue weighted by Crippen LogP contribution is 2.53. The minimum absolute atomic E-state index is 0.475. The minimum atomic E-state index is 0.475. The summed E-state index contributed by atoms with van der Waals surface area (Å²) in [6, 6.07) is 106. The Morgan fingerprint density at radius 1 is 0.267 bits per heavy atom. The van der Waals surface area contributed by atoms with Crippen LogP contribution in [-0.4, -0.2) is 28.2 Å². The van der Waals surface area contributed by atoms with Crippen LogP contribution in [0.4, 0.5) is 0 Å². The predicted molar refractivity (Wildman–Crippen MR) is 373 cm³/mol. The normalized spacial score (nSPS) is 12.0. The van der Waals surface area contributed by atoms with Crippen LogP contribution in [0.2, 0.25) is 0 Å². The van der Waals surface area contributed by atoms with E-state index < -0.39 is 0 Å². The van der Waals surface area contributed by atoms with E-state index in [1.54, 1.807) is 0 Å². The first kappa shape index (κ1) is 49.8. The molecule has 0 aliphatic heterocycles. The van der Waals surface area contributed by atoms with Gasteiger partial charge in [0.2, 0.25) is 0 Å². The van der Waals surface area contributed by atoms with Crippen molar-refractivity contribution >= 4 is 120 Å². The van der Waals surface area contributed by atoms with Gasteiger partial charge in [0.25, 0.3) is 0 Å². The minimum Gasteiger partial charge on any atom is -0.306 e. The first-order chi connectivity index (χ1) is 44.6. The molecule has 0 bridgehead atoms. The molecule has 0 N–H and O–H groups in total. The van der Waals surface area contributed by atoms with Gasteiger partial charge in [-0.05, 0) is 117 Å². The molecule has 0 saturated carbocycles. The Labute approximate surface area is 515 Å². The lowest BCUT2D eigenvalue weighted by Gasteiger charge is -2.29. The number of hydrogen-bond acceptors (Lipinski definition) is 3. The van der Waals surface area contributed by atoms with Gasteiger partial charge in [-0.3, -0.25) is 4.98 Å². The molecule has 6 heterocycles. The molecular weight excluding hydrogens is 1090 g/mol. The Kier molecular flexibility index (Phi) is 10.7. The number of para-hydroxylation sites is 4. The second-order valence-corrected chi connectivity index (χ2v) is 23.6. The highest BCUT2D eigenvalue weighted by atomic mass is 15.1. The zero-order valence-corrected chi connectivity index (χ0v) is 48.4. The van der Waals surface area contributed by atoms with E-state index in [9.17, 15) is 5.26 Å². The van der Waals surface area contributed by atoms with Gasteiger partial charge in [0.05, 0.1) is 84.5 Å². The lowest BCUT2D eigenvalue weighted by atomic mass is 9.91. The zero-order chi connectivity index (χ0) is 59.1. The summed E-state index contributed by atoms with van der Waals surface area (Å²) in [5.74, 6) is 0. The Morgan fingerprint density at radius 2 is 0.611 bits per heavy atom. The summed E-state index contributed by atoms with van der Waals surface area (Å²) < 4.78 is 9.82. The molecule has 13 aromatic carbocycles. The molecule has 90 heavy (non-hydrogen) atoms. The maximum atomic E-state index is 13.3. The van der Waals surface area contributed by atoms with Crippen LogP contribution in [-0.2, 0) is 0 Å². The smallest absolute Gasteiger partial charge is 0.104 e. The van der Waals surface area contributed by atoms with Gasteiger partial charge >= 0.3 is 0 Å². The van der Waals surface area contributed by atoms with E-state index in [0.717, 1.165) is 170 Å². The molecule has 7 nitrogen and oxygen atoms in total. The summed E-state index contributed by atoms with van der Waals surface area (Å²) in [7, 11) is 0. The van der Waals surface area contributed by atoms with E-state index >= 15 is 0 Å². The maximum absolute atomic E-state index is 13.3. The molecule has 0 saturated heterocycles. The highest BCUT2D eigenvalue weighted by Gasteiger charge is 2.36. The van der Waals surface area contributed by atoms with Crippen molar-refractivity contribution in [2.24, 2.45) is 0 Å². The van der Waals surface area contributed by atoms with Gasteiger partial charge in [-0.25, -0.2) is 4.98 Å². The maximum Gasteiger partial charge on any atom is 0.104 e. The predicted octanol–water partition coefficient (Wildman–Crippen LogP) is 21.2. The van der Waals surface area contributed by atoms with Crippen molar-refractivity contribution < 1.29 is 0 Å². The molecule has 0 radical (unpaired) electrons. The average molecular weight is 1140 g/mol. The molecule has 19 rings (SSSR count). The Morgan fingerprint density at radius 3 is 1.04 bits per heavy atom. The van der Waals surface area contributed by atoms with E-state index in [1.165, 1.54) is 0 Å². The molecule has 0 atom stereocenters. The van der Waals surface area contributed by atoms with Gasteiger partial charge in [0.1, 0.15) is 11.6 Å². The molecule has 0 aliphatic rings. The number of pyridine rings is 2. The molecule has 0 unspecified atom stereocenters. The topological polar surface area (TPSA) is 69.3 Å². The molecular formula is C83H49N7. The van der Waals surface area contributed by atoms with Crippen LogP contribution in [0.15, 0.2) is 298 Å². The number of aromatic nitrogens is 6. The van der Waals surface area contributed by atoms with E-state index in [2.05, 4.69) is 309 Å². The third kappa shape index (κ3) is 7.21. The lowest BCUT2D eigenvalue weighted by Crippen LogP contribution is -2.16. The van der Waals surface area contributed by atoms with E-state index in [-0.39, 0.29) is 0 Å². The van der Waals surface area contributed by atoms with E-state index in [4.69, 9.17) is 9.97 Å². The first-order valence-corrected chi connectivity index (χ1v) is 30.5. The van der Waals surface area contributed by atoms with Gasteiger partial charge in [-0.2, -0.15) is 5.26 Å². The third-order valence-electron chi connectivity index (χ3n) is 18.8. The summed E-state index contributed by atoms with van der Waals surface area (Å²) in [5, 5.41) is 28.7.